The van der Waals surface area contributed by atoms with Crippen LogP contribution in [0.15, 0.2) is 59.6 Å². The average molecular weight is 374 g/mol. The maximum atomic E-state index is 12.8. The molecule has 0 fully saturated rings. The van der Waals surface area contributed by atoms with Crippen molar-refractivity contribution in [2.24, 2.45) is 4.99 Å². The summed E-state index contributed by atoms with van der Waals surface area (Å²) in [6.45, 7) is 3.45. The number of aliphatic imine (C=N–C) groups is 1. The molecule has 0 bridgehead atoms. The first-order valence-electron chi connectivity index (χ1n) is 8.21. The summed E-state index contributed by atoms with van der Waals surface area (Å²) in [6.07, 6.45) is 0.781. The van der Waals surface area contributed by atoms with E-state index in [0.717, 1.165) is 23.8 Å². The molecule has 0 radical (unpaired) electrons. The van der Waals surface area contributed by atoms with Gasteiger partial charge in [-0.2, -0.15) is 0 Å². The predicted octanol–water partition coefficient (Wildman–Crippen LogP) is 4.91. The molecule has 1 heterocycles. The SMILES string of the molecule is CC1CN=C(N(CCc2ccccc2)C(=O)Nc2ccc(Cl)cc2)S1. The van der Waals surface area contributed by atoms with Crippen molar-refractivity contribution in [3.05, 3.63) is 65.2 Å². The Bertz CT molecular complexity index is 749. The standard InChI is InChI=1S/C19H20ClN3OS/c1-14-13-21-19(25-14)23(12-11-15-5-3-2-4-6-15)18(24)22-17-9-7-16(20)8-10-17/h2-10,14H,11-13H2,1H3,(H,22,24). The number of amides is 2. The van der Waals surface area contributed by atoms with E-state index >= 15 is 0 Å². The van der Waals surface area contributed by atoms with E-state index in [2.05, 4.69) is 29.4 Å². The summed E-state index contributed by atoms with van der Waals surface area (Å²) < 4.78 is 0. The number of nitrogens with one attached hydrogen (secondary N) is 1. The molecule has 0 saturated heterocycles. The maximum absolute atomic E-state index is 12.8. The van der Waals surface area contributed by atoms with Crippen LogP contribution in [0.1, 0.15) is 12.5 Å². The molecule has 3 rings (SSSR count). The monoisotopic (exact) mass is 373 g/mol. The van der Waals surface area contributed by atoms with Gasteiger partial charge >= 0.3 is 6.03 Å². The summed E-state index contributed by atoms with van der Waals surface area (Å²) in [4.78, 5) is 19.1. The van der Waals surface area contributed by atoms with Crippen molar-refractivity contribution in [2.75, 3.05) is 18.4 Å². The molecule has 4 nitrogen and oxygen atoms in total. The van der Waals surface area contributed by atoms with Gasteiger partial charge < -0.3 is 5.32 Å². The largest absolute Gasteiger partial charge is 0.327 e. The van der Waals surface area contributed by atoms with E-state index in [1.165, 1.54) is 5.56 Å². The third-order valence-electron chi connectivity index (χ3n) is 3.83. The molecule has 130 valence electrons. The number of nitrogens with zero attached hydrogens (tertiary/aromatic N) is 2. The highest BCUT2D eigenvalue weighted by molar-refractivity contribution is 8.14. The van der Waals surface area contributed by atoms with Gasteiger partial charge in [0.25, 0.3) is 0 Å². The lowest BCUT2D eigenvalue weighted by molar-refractivity contribution is 0.234. The quantitative estimate of drug-likeness (QED) is 0.827. The van der Waals surface area contributed by atoms with Gasteiger partial charge in [-0.3, -0.25) is 9.89 Å². The third kappa shape index (κ3) is 5.00. The van der Waals surface area contributed by atoms with Gasteiger partial charge in [0, 0.05) is 22.5 Å². The molecule has 6 heteroatoms. The molecule has 1 aliphatic heterocycles. The molecule has 2 aromatic rings. The van der Waals surface area contributed by atoms with Gasteiger partial charge in [0.1, 0.15) is 0 Å². The van der Waals surface area contributed by atoms with Crippen LogP contribution in [0, 0.1) is 0 Å². The lowest BCUT2D eigenvalue weighted by Crippen LogP contribution is -2.39. The van der Waals surface area contributed by atoms with E-state index in [1.807, 2.05) is 18.2 Å². The van der Waals surface area contributed by atoms with E-state index < -0.39 is 0 Å². The third-order valence-corrected chi connectivity index (χ3v) is 5.19. The van der Waals surface area contributed by atoms with Crippen molar-refractivity contribution in [1.82, 2.24) is 4.90 Å². The number of carbonyl (C=O) groups is 1. The first kappa shape index (κ1) is 17.8. The van der Waals surface area contributed by atoms with E-state index in [9.17, 15) is 4.79 Å². The molecule has 0 spiro atoms. The van der Waals surface area contributed by atoms with Crippen molar-refractivity contribution in [3.8, 4) is 0 Å². The van der Waals surface area contributed by atoms with Gasteiger partial charge in [0.2, 0.25) is 0 Å². The Morgan fingerprint density at radius 1 is 1.24 bits per heavy atom. The Morgan fingerprint density at radius 2 is 1.96 bits per heavy atom. The Kier molecular flexibility index (Phi) is 6.00. The summed E-state index contributed by atoms with van der Waals surface area (Å²) in [5.41, 5.74) is 1.92. The number of anilines is 1. The summed E-state index contributed by atoms with van der Waals surface area (Å²) in [5, 5.41) is 4.76. The van der Waals surface area contributed by atoms with E-state index in [0.29, 0.717) is 16.8 Å². The molecule has 2 amide bonds. The fraction of sp³-hybridized carbons (Fsp3) is 0.263. The highest BCUT2D eigenvalue weighted by atomic mass is 35.5. The Hall–Kier alpha value is -1.98. The zero-order valence-corrected chi connectivity index (χ0v) is 15.6. The zero-order chi connectivity index (χ0) is 17.6. The van der Waals surface area contributed by atoms with Crippen molar-refractivity contribution < 1.29 is 4.79 Å². The molecule has 2 aromatic carbocycles. The second-order valence-electron chi connectivity index (χ2n) is 5.88. The second-order valence-corrected chi connectivity index (χ2v) is 7.72. The molecule has 0 aromatic heterocycles. The maximum Gasteiger partial charge on any atom is 0.327 e. The molecule has 0 aliphatic carbocycles. The molecular formula is C19H20ClN3OS. The number of hydrogen-bond acceptors (Lipinski definition) is 3. The Balaban J connectivity index is 1.71. The van der Waals surface area contributed by atoms with Gasteiger partial charge in [0.05, 0.1) is 6.54 Å². The highest BCUT2D eigenvalue weighted by Crippen LogP contribution is 2.24. The molecule has 1 aliphatic rings. The lowest BCUT2D eigenvalue weighted by atomic mass is 10.1. The van der Waals surface area contributed by atoms with Crippen LogP contribution in [0.4, 0.5) is 10.5 Å². The summed E-state index contributed by atoms with van der Waals surface area (Å²) in [6, 6.07) is 17.1. The van der Waals surface area contributed by atoms with Crippen LogP contribution in [0.5, 0.6) is 0 Å². The molecule has 1 N–H and O–H groups in total. The Labute approximate surface area is 157 Å². The topological polar surface area (TPSA) is 44.7 Å². The van der Waals surface area contributed by atoms with Crippen LogP contribution >= 0.6 is 23.4 Å². The minimum atomic E-state index is -0.168. The van der Waals surface area contributed by atoms with Gasteiger partial charge in [-0.05, 0) is 36.2 Å². The first-order valence-corrected chi connectivity index (χ1v) is 9.47. The highest BCUT2D eigenvalue weighted by Gasteiger charge is 2.25. The van der Waals surface area contributed by atoms with Gasteiger partial charge in [-0.15, -0.1) is 0 Å². The van der Waals surface area contributed by atoms with Crippen LogP contribution in [0.25, 0.3) is 0 Å². The fourth-order valence-corrected chi connectivity index (χ4v) is 3.59. The smallest absolute Gasteiger partial charge is 0.307 e. The van der Waals surface area contributed by atoms with Crippen LogP contribution in [-0.4, -0.2) is 34.4 Å². The summed E-state index contributed by atoms with van der Waals surface area (Å²) in [7, 11) is 0. The molecule has 1 unspecified atom stereocenters. The summed E-state index contributed by atoms with van der Waals surface area (Å²) in [5.74, 6) is 0. The van der Waals surface area contributed by atoms with Crippen LogP contribution in [-0.2, 0) is 6.42 Å². The number of rotatable bonds is 4. The molecule has 1 atom stereocenters. The number of hydrogen-bond donors (Lipinski definition) is 1. The van der Waals surface area contributed by atoms with Crippen molar-refractivity contribution in [2.45, 2.75) is 18.6 Å². The number of urea groups is 1. The minimum Gasteiger partial charge on any atom is -0.307 e. The first-order chi connectivity index (χ1) is 12.1. The van der Waals surface area contributed by atoms with E-state index in [4.69, 9.17) is 11.6 Å². The molecule has 25 heavy (non-hydrogen) atoms. The minimum absolute atomic E-state index is 0.168. The van der Waals surface area contributed by atoms with Gasteiger partial charge in [-0.1, -0.05) is 60.6 Å². The fourth-order valence-electron chi connectivity index (χ4n) is 2.50. The average Bonchev–Trinajstić information content (AvgIpc) is 3.04. The number of carbonyl (C=O) groups excluding carboxylic acids is 1. The number of halogens is 1. The van der Waals surface area contributed by atoms with Crippen molar-refractivity contribution in [3.63, 3.8) is 0 Å². The van der Waals surface area contributed by atoms with Crippen LogP contribution in [0.3, 0.4) is 0 Å². The Morgan fingerprint density at radius 3 is 2.60 bits per heavy atom. The van der Waals surface area contributed by atoms with Gasteiger partial charge in [-0.25, -0.2) is 4.79 Å². The van der Waals surface area contributed by atoms with Crippen LogP contribution in [0.2, 0.25) is 5.02 Å². The van der Waals surface area contributed by atoms with Gasteiger partial charge in [0.15, 0.2) is 5.17 Å². The van der Waals surface area contributed by atoms with Crippen molar-refractivity contribution >= 4 is 40.2 Å². The predicted molar refractivity (Wildman–Crippen MR) is 107 cm³/mol. The zero-order valence-electron chi connectivity index (χ0n) is 14.0. The molecular weight excluding hydrogens is 354 g/mol. The van der Waals surface area contributed by atoms with Crippen LogP contribution < -0.4 is 5.32 Å². The van der Waals surface area contributed by atoms with Crippen molar-refractivity contribution in [1.29, 1.82) is 0 Å². The normalized spacial score (nSPS) is 16.4. The number of thioether (sulfide) groups is 1. The number of benzene rings is 2. The second kappa shape index (κ2) is 8.41. The lowest BCUT2D eigenvalue weighted by Gasteiger charge is -2.23. The number of amidine groups is 1. The van der Waals surface area contributed by atoms with E-state index in [-0.39, 0.29) is 6.03 Å². The summed E-state index contributed by atoms with van der Waals surface area (Å²) >= 11 is 7.55. The molecule has 0 saturated carbocycles. The van der Waals surface area contributed by atoms with E-state index in [1.54, 1.807) is 40.9 Å².